The Balaban J connectivity index is 1.25. The lowest BCUT2D eigenvalue weighted by Crippen LogP contribution is -2.37. The zero-order chi connectivity index (χ0) is 27.9. The van der Waals surface area contributed by atoms with Gasteiger partial charge in [0.25, 0.3) is 5.91 Å². The number of para-hydroxylation sites is 2. The average Bonchev–Trinajstić information content (AvgIpc) is 3.38. The molecule has 0 spiro atoms. The maximum Gasteiger partial charge on any atom is 0.322 e. The summed E-state index contributed by atoms with van der Waals surface area (Å²) in [6.07, 6.45) is 2.12. The highest BCUT2D eigenvalue weighted by Crippen LogP contribution is 2.32. The van der Waals surface area contributed by atoms with E-state index in [4.69, 9.17) is 15.2 Å². The number of likely N-dealkylation sites (tertiary alicyclic amines) is 1. The monoisotopic (exact) mass is 543 g/mol. The number of urea groups is 1. The molecule has 0 aromatic heterocycles. The van der Waals surface area contributed by atoms with E-state index in [9.17, 15) is 14.4 Å². The van der Waals surface area contributed by atoms with Gasteiger partial charge in [0, 0.05) is 49.9 Å². The number of hydrogen-bond donors (Lipinski definition) is 3. The maximum absolute atomic E-state index is 13.4. The van der Waals surface area contributed by atoms with Crippen LogP contribution in [0.15, 0.2) is 66.7 Å². The van der Waals surface area contributed by atoms with Crippen LogP contribution in [0.2, 0.25) is 0 Å². The molecule has 3 aromatic rings. The number of fused-ring (bicyclic) bond motifs is 1. The molecular formula is C30H33N5O5. The number of nitrogens with two attached hydrogens (primary N) is 1. The van der Waals surface area contributed by atoms with Gasteiger partial charge in [-0.2, -0.15) is 0 Å². The lowest BCUT2D eigenvalue weighted by atomic mass is 10.1. The average molecular weight is 544 g/mol. The minimum atomic E-state index is -0.272. The molecule has 0 atom stereocenters. The normalized spacial score (nSPS) is 14.1. The van der Waals surface area contributed by atoms with Crippen LogP contribution in [0, 0.1) is 0 Å². The Kier molecular flexibility index (Phi) is 8.34. The zero-order valence-corrected chi connectivity index (χ0v) is 22.2. The van der Waals surface area contributed by atoms with Crippen LogP contribution < -0.4 is 25.8 Å². The van der Waals surface area contributed by atoms with E-state index in [1.165, 1.54) is 0 Å². The van der Waals surface area contributed by atoms with Gasteiger partial charge in [-0.3, -0.25) is 9.59 Å². The molecule has 0 radical (unpaired) electrons. The number of nitrogen functional groups attached to an aromatic ring is 1. The van der Waals surface area contributed by atoms with Crippen molar-refractivity contribution in [3.63, 3.8) is 0 Å². The molecule has 2 aliphatic rings. The number of ether oxygens (including phenoxy) is 2. The van der Waals surface area contributed by atoms with Crippen molar-refractivity contribution in [3.05, 3.63) is 77.9 Å². The second kappa shape index (κ2) is 12.4. The van der Waals surface area contributed by atoms with E-state index in [1.807, 2.05) is 17.0 Å². The molecule has 0 saturated carbocycles. The Morgan fingerprint density at radius 1 is 0.950 bits per heavy atom. The van der Waals surface area contributed by atoms with Crippen LogP contribution >= 0.6 is 0 Å². The smallest absolute Gasteiger partial charge is 0.322 e. The molecule has 0 bridgehead atoms. The number of amides is 4. The molecule has 3 aromatic carbocycles. The first kappa shape index (κ1) is 26.9. The maximum atomic E-state index is 13.4. The third kappa shape index (κ3) is 6.63. The Bertz CT molecular complexity index is 1380. The van der Waals surface area contributed by atoms with Gasteiger partial charge < -0.3 is 35.6 Å². The number of benzene rings is 3. The molecule has 0 aliphatic carbocycles. The highest BCUT2D eigenvalue weighted by atomic mass is 16.6. The van der Waals surface area contributed by atoms with E-state index < -0.39 is 0 Å². The second-order valence-electron chi connectivity index (χ2n) is 9.79. The number of anilines is 3. The van der Waals surface area contributed by atoms with Gasteiger partial charge in [0.2, 0.25) is 5.91 Å². The first-order valence-corrected chi connectivity index (χ1v) is 13.4. The molecule has 5 rings (SSSR count). The van der Waals surface area contributed by atoms with Gasteiger partial charge in [0.15, 0.2) is 11.5 Å². The van der Waals surface area contributed by atoms with E-state index >= 15 is 0 Å². The predicted octanol–water partition coefficient (Wildman–Crippen LogP) is 4.34. The minimum Gasteiger partial charge on any atom is -0.486 e. The number of nitrogens with one attached hydrogen (secondary N) is 2. The van der Waals surface area contributed by atoms with Crippen LogP contribution in [-0.2, 0) is 11.3 Å². The Morgan fingerprint density at radius 2 is 1.73 bits per heavy atom. The number of carbonyl (C=O) groups excluding carboxylic acids is 3. The molecule has 1 saturated heterocycles. The number of rotatable bonds is 9. The van der Waals surface area contributed by atoms with Crippen molar-refractivity contribution in [3.8, 4) is 11.5 Å². The quantitative estimate of drug-likeness (QED) is 0.345. The summed E-state index contributed by atoms with van der Waals surface area (Å²) in [7, 11) is 0. The minimum absolute atomic E-state index is 0.165. The fourth-order valence-corrected chi connectivity index (χ4v) is 4.76. The third-order valence-corrected chi connectivity index (χ3v) is 6.91. The van der Waals surface area contributed by atoms with Crippen molar-refractivity contribution in [1.29, 1.82) is 0 Å². The van der Waals surface area contributed by atoms with Crippen LogP contribution in [-0.4, -0.2) is 60.5 Å². The molecular weight excluding hydrogens is 510 g/mol. The number of hydrogen-bond acceptors (Lipinski definition) is 6. The van der Waals surface area contributed by atoms with E-state index in [0.29, 0.717) is 79.8 Å². The second-order valence-corrected chi connectivity index (χ2v) is 9.79. The first-order valence-electron chi connectivity index (χ1n) is 13.4. The summed E-state index contributed by atoms with van der Waals surface area (Å²) in [5, 5.41) is 5.78. The van der Waals surface area contributed by atoms with Gasteiger partial charge in [-0.15, -0.1) is 0 Å². The highest BCUT2D eigenvalue weighted by Gasteiger charge is 2.21. The van der Waals surface area contributed by atoms with E-state index in [-0.39, 0.29) is 17.8 Å². The zero-order valence-electron chi connectivity index (χ0n) is 22.2. The summed E-state index contributed by atoms with van der Waals surface area (Å²) in [5.74, 6) is 1.14. The lowest BCUT2D eigenvalue weighted by molar-refractivity contribution is -0.127. The Labute approximate surface area is 233 Å². The molecule has 0 unspecified atom stereocenters. The summed E-state index contributed by atoms with van der Waals surface area (Å²) in [6, 6.07) is 19.2. The molecule has 208 valence electrons. The Morgan fingerprint density at radius 3 is 2.48 bits per heavy atom. The van der Waals surface area contributed by atoms with Gasteiger partial charge in [-0.25, -0.2) is 4.79 Å². The molecule has 2 heterocycles. The van der Waals surface area contributed by atoms with Gasteiger partial charge in [0.05, 0.1) is 11.4 Å². The fraction of sp³-hybridized carbons (Fsp3) is 0.300. The molecule has 4 amide bonds. The first-order chi connectivity index (χ1) is 19.5. The van der Waals surface area contributed by atoms with Gasteiger partial charge in [-0.1, -0.05) is 24.3 Å². The molecule has 10 heteroatoms. The van der Waals surface area contributed by atoms with Crippen molar-refractivity contribution >= 4 is 34.9 Å². The van der Waals surface area contributed by atoms with E-state index in [2.05, 4.69) is 10.6 Å². The van der Waals surface area contributed by atoms with Crippen LogP contribution in [0.1, 0.15) is 35.2 Å². The summed E-state index contributed by atoms with van der Waals surface area (Å²) < 4.78 is 11.2. The molecule has 2 aliphatic heterocycles. The molecule has 4 N–H and O–H groups in total. The third-order valence-electron chi connectivity index (χ3n) is 6.91. The van der Waals surface area contributed by atoms with E-state index in [0.717, 1.165) is 18.5 Å². The summed E-state index contributed by atoms with van der Waals surface area (Å²) in [6.45, 7) is 3.10. The highest BCUT2D eigenvalue weighted by molar-refractivity contribution is 6.05. The van der Waals surface area contributed by atoms with E-state index in [1.54, 1.807) is 59.5 Å². The van der Waals surface area contributed by atoms with Crippen molar-refractivity contribution in [2.24, 2.45) is 0 Å². The molecule has 1 fully saturated rings. The Hall–Kier alpha value is -4.73. The number of carbonyl (C=O) groups is 3. The molecule has 10 nitrogen and oxygen atoms in total. The van der Waals surface area contributed by atoms with Gasteiger partial charge >= 0.3 is 6.03 Å². The summed E-state index contributed by atoms with van der Waals surface area (Å²) in [5.41, 5.74) is 8.92. The van der Waals surface area contributed by atoms with Crippen LogP contribution in [0.3, 0.4) is 0 Å². The summed E-state index contributed by atoms with van der Waals surface area (Å²) >= 11 is 0. The lowest BCUT2D eigenvalue weighted by Gasteiger charge is -2.25. The molecule has 40 heavy (non-hydrogen) atoms. The topological polar surface area (TPSA) is 126 Å². The van der Waals surface area contributed by atoms with Gasteiger partial charge in [-0.05, 0) is 54.8 Å². The van der Waals surface area contributed by atoms with Crippen molar-refractivity contribution < 1.29 is 23.9 Å². The number of nitrogens with zero attached hydrogens (tertiary/aromatic N) is 2. The predicted molar refractivity (Wildman–Crippen MR) is 153 cm³/mol. The van der Waals surface area contributed by atoms with Crippen LogP contribution in [0.5, 0.6) is 11.5 Å². The summed E-state index contributed by atoms with van der Waals surface area (Å²) in [4.78, 5) is 41.7. The van der Waals surface area contributed by atoms with Crippen LogP contribution in [0.25, 0.3) is 0 Å². The SMILES string of the molecule is Nc1ccccc1NC(=O)c1ccc(CN(CCCN2CCCC2=O)C(=O)Nc2ccc3c(c2)OCCO3)cc1. The fourth-order valence-electron chi connectivity index (χ4n) is 4.76. The largest absolute Gasteiger partial charge is 0.486 e. The standard InChI is InChI=1S/C30H33N5O5/c31-24-5-1-2-6-25(24)33-29(37)22-10-8-21(9-11-22)20-35(16-4-15-34-14-3-7-28(34)36)30(38)32-23-12-13-26-27(19-23)40-18-17-39-26/h1-2,5-6,8-13,19H,3-4,7,14-18,20,31H2,(H,32,38)(H,33,37). The van der Waals surface area contributed by atoms with Crippen molar-refractivity contribution in [2.75, 3.05) is 49.2 Å². The van der Waals surface area contributed by atoms with Crippen molar-refractivity contribution in [1.82, 2.24) is 9.80 Å². The van der Waals surface area contributed by atoms with Gasteiger partial charge in [0.1, 0.15) is 13.2 Å². The van der Waals surface area contributed by atoms with Crippen LogP contribution in [0.4, 0.5) is 21.9 Å². The van der Waals surface area contributed by atoms with Crippen molar-refractivity contribution in [2.45, 2.75) is 25.8 Å².